The summed E-state index contributed by atoms with van der Waals surface area (Å²) in [6.07, 6.45) is -0.950. The Morgan fingerprint density at radius 1 is 1.80 bits per heavy atom. The summed E-state index contributed by atoms with van der Waals surface area (Å²) in [5.74, 6) is -0.456. The minimum Gasteiger partial charge on any atom is -1.00 e. The molecule has 2 N–H and O–H groups in total. The minimum atomic E-state index is -0.950. The number of hydrogen-bond donors (Lipinski definition) is 2. The van der Waals surface area contributed by atoms with Crippen LogP contribution in [-0.4, -0.2) is 73.2 Å². The van der Waals surface area contributed by atoms with Crippen LogP contribution in [0.25, 0.3) is 0 Å². The second-order valence-corrected chi connectivity index (χ2v) is 1.64. The summed E-state index contributed by atoms with van der Waals surface area (Å²) in [5.41, 5.74) is 0. The summed E-state index contributed by atoms with van der Waals surface area (Å²) in [6, 6.07) is 0. The van der Waals surface area contributed by atoms with E-state index in [2.05, 4.69) is 4.74 Å². The van der Waals surface area contributed by atoms with Crippen molar-refractivity contribution in [2.75, 3.05) is 13.2 Å². The zero-order valence-electron chi connectivity index (χ0n) is 7.91. The molecule has 0 heterocycles. The van der Waals surface area contributed by atoms with E-state index in [0.717, 1.165) is 0 Å². The molecule has 0 bridgehead atoms. The molecule has 0 amide bonds. The van der Waals surface area contributed by atoms with Crippen LogP contribution >= 0.6 is 0 Å². The predicted molar refractivity (Wildman–Crippen MR) is 37.7 cm³/mol. The van der Waals surface area contributed by atoms with E-state index >= 15 is 0 Å². The van der Waals surface area contributed by atoms with Crippen molar-refractivity contribution in [3.63, 3.8) is 0 Å². The van der Waals surface area contributed by atoms with E-state index in [1.54, 1.807) is 0 Å². The maximum atomic E-state index is 10.0. The molecule has 0 aromatic rings. The fraction of sp³-hybridized carbons (Fsp3) is 0.800. The van der Waals surface area contributed by atoms with Crippen LogP contribution in [0.1, 0.15) is 9.78 Å². The van der Waals surface area contributed by atoms with E-state index in [9.17, 15) is 4.79 Å². The van der Waals surface area contributed by atoms with Crippen LogP contribution < -0.4 is 0 Å². The van der Waals surface area contributed by atoms with Crippen LogP contribution in [-0.2, 0) is 9.53 Å². The number of hydrogen-bond acceptors (Lipinski definition) is 4. The molecule has 0 radical (unpaired) electrons. The molecule has 0 aliphatic carbocycles. The average molecular weight is 176 g/mol. The SMILES string of the molecule is CC(=O)OCC(O)CO.[Ca+2].[H-].[H-]. The summed E-state index contributed by atoms with van der Waals surface area (Å²) in [5, 5.41) is 16.8. The number of rotatable bonds is 3. The van der Waals surface area contributed by atoms with E-state index < -0.39 is 12.1 Å². The van der Waals surface area contributed by atoms with Gasteiger partial charge in [0.1, 0.15) is 12.7 Å². The molecule has 1 unspecified atom stereocenters. The Bertz CT molecular complexity index is 103. The van der Waals surface area contributed by atoms with Crippen LogP contribution in [0.15, 0.2) is 0 Å². The number of carbonyl (C=O) groups is 1. The van der Waals surface area contributed by atoms with Crippen LogP contribution in [0, 0.1) is 0 Å². The molecule has 0 rings (SSSR count). The monoisotopic (exact) mass is 176 g/mol. The molecule has 4 nitrogen and oxygen atoms in total. The Morgan fingerprint density at radius 2 is 2.30 bits per heavy atom. The van der Waals surface area contributed by atoms with Crippen molar-refractivity contribution in [2.45, 2.75) is 13.0 Å². The summed E-state index contributed by atoms with van der Waals surface area (Å²) in [4.78, 5) is 10.0. The van der Waals surface area contributed by atoms with Gasteiger partial charge in [0.25, 0.3) is 0 Å². The number of ether oxygens (including phenoxy) is 1. The van der Waals surface area contributed by atoms with Crippen molar-refractivity contribution in [1.29, 1.82) is 0 Å². The first kappa shape index (κ1) is 13.3. The Kier molecular flexibility index (Phi) is 10.3. The molecule has 0 fully saturated rings. The summed E-state index contributed by atoms with van der Waals surface area (Å²) >= 11 is 0. The van der Waals surface area contributed by atoms with Gasteiger partial charge >= 0.3 is 43.7 Å². The maximum Gasteiger partial charge on any atom is 2.00 e. The summed E-state index contributed by atoms with van der Waals surface area (Å²) in [6.45, 7) is 0.725. The molecule has 0 aromatic carbocycles. The van der Waals surface area contributed by atoms with Gasteiger partial charge in [0.2, 0.25) is 0 Å². The van der Waals surface area contributed by atoms with Gasteiger partial charge in [0, 0.05) is 6.92 Å². The summed E-state index contributed by atoms with van der Waals surface area (Å²) in [7, 11) is 0. The van der Waals surface area contributed by atoms with Gasteiger partial charge in [0.05, 0.1) is 6.61 Å². The Hall–Kier alpha value is 0.650. The quantitative estimate of drug-likeness (QED) is 0.416. The zero-order chi connectivity index (χ0) is 7.28. The van der Waals surface area contributed by atoms with Crippen LogP contribution in [0.2, 0.25) is 0 Å². The molecule has 0 aromatic heterocycles. The van der Waals surface area contributed by atoms with Crippen molar-refractivity contribution in [2.24, 2.45) is 0 Å². The van der Waals surface area contributed by atoms with Gasteiger partial charge in [-0.2, -0.15) is 0 Å². The molecule has 0 saturated carbocycles. The third-order valence-electron chi connectivity index (χ3n) is 0.690. The van der Waals surface area contributed by atoms with Gasteiger partial charge in [-0.25, -0.2) is 0 Å². The third kappa shape index (κ3) is 8.65. The van der Waals surface area contributed by atoms with E-state index in [4.69, 9.17) is 10.2 Å². The molecule has 58 valence electrons. The minimum absolute atomic E-state index is 0. The standard InChI is InChI=1S/C5H10O4.Ca.2H/c1-4(7)9-3-5(8)2-6;;;/h5-6,8H,2-3H2,1H3;;;/q;+2;2*-1. The van der Waals surface area contributed by atoms with Gasteiger partial charge in [-0.05, 0) is 0 Å². The fourth-order valence-electron chi connectivity index (χ4n) is 0.266. The van der Waals surface area contributed by atoms with E-state index in [1.165, 1.54) is 6.92 Å². The Morgan fingerprint density at radius 3 is 2.60 bits per heavy atom. The fourth-order valence-corrected chi connectivity index (χ4v) is 0.266. The van der Waals surface area contributed by atoms with Gasteiger partial charge in [-0.1, -0.05) is 0 Å². The molecule has 0 spiro atoms. The predicted octanol–water partition coefficient (Wildman–Crippen LogP) is -1.25. The third-order valence-corrected chi connectivity index (χ3v) is 0.690. The normalized spacial score (nSPS) is 11.5. The van der Waals surface area contributed by atoms with Crippen LogP contribution in [0.5, 0.6) is 0 Å². The largest absolute Gasteiger partial charge is 2.00 e. The molecule has 10 heavy (non-hydrogen) atoms. The zero-order valence-corrected chi connectivity index (χ0v) is 8.12. The number of aliphatic hydroxyl groups is 2. The topological polar surface area (TPSA) is 66.8 Å². The van der Waals surface area contributed by atoms with E-state index in [1.807, 2.05) is 0 Å². The maximum absolute atomic E-state index is 10.0. The first-order valence-electron chi connectivity index (χ1n) is 2.59. The number of esters is 1. The average Bonchev–Trinajstić information content (AvgIpc) is 1.83. The van der Waals surface area contributed by atoms with Crippen molar-refractivity contribution in [1.82, 2.24) is 0 Å². The Labute approximate surface area is 92.1 Å². The summed E-state index contributed by atoms with van der Waals surface area (Å²) < 4.78 is 4.35. The van der Waals surface area contributed by atoms with Gasteiger partial charge < -0.3 is 17.8 Å². The second kappa shape index (κ2) is 7.75. The second-order valence-electron chi connectivity index (χ2n) is 1.64. The van der Waals surface area contributed by atoms with Gasteiger partial charge in [-0.3, -0.25) is 4.79 Å². The molecule has 1 atom stereocenters. The van der Waals surface area contributed by atoms with Crippen LogP contribution in [0.4, 0.5) is 0 Å². The molecular weight excluding hydrogens is 164 g/mol. The van der Waals surface area contributed by atoms with Crippen LogP contribution in [0.3, 0.4) is 0 Å². The van der Waals surface area contributed by atoms with Gasteiger partial charge in [0.15, 0.2) is 0 Å². The van der Waals surface area contributed by atoms with Crippen molar-refractivity contribution in [3.05, 3.63) is 0 Å². The molecule has 0 saturated heterocycles. The molecule has 5 heteroatoms. The molecular formula is C5H12CaO4. The van der Waals surface area contributed by atoms with Crippen molar-refractivity contribution >= 4 is 43.7 Å². The number of aliphatic hydroxyl groups excluding tert-OH is 2. The van der Waals surface area contributed by atoms with Gasteiger partial charge in [-0.15, -0.1) is 0 Å². The first-order valence-corrected chi connectivity index (χ1v) is 2.59. The van der Waals surface area contributed by atoms with Crippen molar-refractivity contribution in [3.8, 4) is 0 Å². The smallest absolute Gasteiger partial charge is 1.00 e. The first-order chi connectivity index (χ1) is 4.16. The number of carbonyl (C=O) groups excluding carboxylic acids is 1. The van der Waals surface area contributed by atoms with Crippen molar-refractivity contribution < 1.29 is 22.6 Å². The molecule has 0 aliphatic rings. The van der Waals surface area contributed by atoms with E-state index in [0.29, 0.717) is 0 Å². The van der Waals surface area contributed by atoms with E-state index in [-0.39, 0.29) is 53.8 Å². The Balaban J connectivity index is -0.000000107. The molecule has 0 aliphatic heterocycles.